The SMILES string of the molecule is CCCCCCCCC(F)(CC(F)(F)F)C(F)(F)C(F)(F)OC(=O)C=CC(=O)O. The van der Waals surface area contributed by atoms with Crippen LogP contribution in [0, 0.1) is 0 Å². The fourth-order valence-electron chi connectivity index (χ4n) is 2.48. The van der Waals surface area contributed by atoms with Crippen LogP contribution in [0.1, 0.15) is 58.3 Å². The first-order chi connectivity index (χ1) is 13.1. The Morgan fingerprint density at radius 2 is 1.38 bits per heavy atom. The van der Waals surface area contributed by atoms with Crippen LogP contribution in [-0.2, 0) is 14.3 Å². The summed E-state index contributed by atoms with van der Waals surface area (Å²) in [7, 11) is 0. The van der Waals surface area contributed by atoms with Gasteiger partial charge in [0, 0.05) is 12.2 Å². The van der Waals surface area contributed by atoms with Gasteiger partial charge in [0.25, 0.3) is 0 Å². The highest BCUT2D eigenvalue weighted by Gasteiger charge is 2.74. The Kier molecular flexibility index (Phi) is 10.1. The van der Waals surface area contributed by atoms with Gasteiger partial charge in [0.2, 0.25) is 0 Å². The third-order valence-electron chi connectivity index (χ3n) is 3.93. The van der Waals surface area contributed by atoms with Crippen LogP contribution in [0.4, 0.5) is 35.1 Å². The molecule has 0 aromatic carbocycles. The van der Waals surface area contributed by atoms with Crippen molar-refractivity contribution in [2.24, 2.45) is 0 Å². The molecule has 0 aliphatic carbocycles. The lowest BCUT2D eigenvalue weighted by Crippen LogP contribution is -2.59. The second kappa shape index (κ2) is 10.8. The van der Waals surface area contributed by atoms with E-state index >= 15 is 0 Å². The lowest BCUT2D eigenvalue weighted by atomic mass is 9.86. The van der Waals surface area contributed by atoms with Crippen LogP contribution in [0.5, 0.6) is 0 Å². The number of unbranched alkanes of at least 4 members (excludes halogenated alkanes) is 5. The topological polar surface area (TPSA) is 63.6 Å². The van der Waals surface area contributed by atoms with Gasteiger partial charge in [-0.05, 0) is 6.42 Å². The molecule has 0 radical (unpaired) electrons. The predicted octanol–water partition coefficient (Wildman–Crippen LogP) is 5.81. The quantitative estimate of drug-likeness (QED) is 0.169. The first kappa shape index (κ1) is 27.1. The van der Waals surface area contributed by atoms with Crippen molar-refractivity contribution in [3.8, 4) is 0 Å². The summed E-state index contributed by atoms with van der Waals surface area (Å²) >= 11 is 0. The molecule has 0 fully saturated rings. The van der Waals surface area contributed by atoms with Crippen molar-refractivity contribution in [2.75, 3.05) is 0 Å². The molecule has 12 heteroatoms. The fraction of sp³-hybridized carbons (Fsp3) is 0.765. The molecule has 0 rings (SSSR count). The number of carbonyl (C=O) groups excluding carboxylic acids is 1. The third kappa shape index (κ3) is 8.99. The molecule has 0 saturated heterocycles. The van der Waals surface area contributed by atoms with Crippen LogP contribution in [0.2, 0.25) is 0 Å². The van der Waals surface area contributed by atoms with E-state index in [1.165, 1.54) is 0 Å². The summed E-state index contributed by atoms with van der Waals surface area (Å²) in [5.74, 6) is -10.1. The minimum atomic E-state index is -6.02. The number of esters is 1. The molecule has 0 bridgehead atoms. The van der Waals surface area contributed by atoms with Gasteiger partial charge in [0.1, 0.15) is 0 Å². The number of hydrogen-bond donors (Lipinski definition) is 1. The molecule has 1 atom stereocenters. The second-order valence-corrected chi connectivity index (χ2v) is 6.46. The van der Waals surface area contributed by atoms with Gasteiger partial charge in [0.05, 0.1) is 6.42 Å². The maximum absolute atomic E-state index is 14.6. The molecule has 0 spiro atoms. The molecular weight excluding hydrogens is 420 g/mol. The Morgan fingerprint density at radius 1 is 0.862 bits per heavy atom. The van der Waals surface area contributed by atoms with Gasteiger partial charge in [-0.2, -0.15) is 30.7 Å². The van der Waals surface area contributed by atoms with Crippen LogP contribution < -0.4 is 0 Å². The summed E-state index contributed by atoms with van der Waals surface area (Å²) in [6, 6.07) is 0. The summed E-state index contributed by atoms with van der Waals surface area (Å²) in [6.45, 7) is 1.87. The zero-order valence-corrected chi connectivity index (χ0v) is 15.5. The fourth-order valence-corrected chi connectivity index (χ4v) is 2.48. The summed E-state index contributed by atoms with van der Waals surface area (Å²) in [6.07, 6.45) is -14.0. The number of aliphatic carboxylic acids is 1. The molecule has 29 heavy (non-hydrogen) atoms. The molecule has 1 N–H and O–H groups in total. The van der Waals surface area contributed by atoms with Crippen molar-refractivity contribution in [1.29, 1.82) is 0 Å². The maximum Gasteiger partial charge on any atom is 0.470 e. The van der Waals surface area contributed by atoms with Gasteiger partial charge >= 0.3 is 30.1 Å². The van der Waals surface area contributed by atoms with Gasteiger partial charge in [-0.15, -0.1) is 0 Å². The van der Waals surface area contributed by atoms with E-state index in [1.54, 1.807) is 0 Å². The van der Waals surface area contributed by atoms with E-state index in [1.807, 2.05) is 6.92 Å². The smallest absolute Gasteiger partial charge is 0.470 e. The zero-order chi connectivity index (χ0) is 22.9. The van der Waals surface area contributed by atoms with Gasteiger partial charge in [0.15, 0.2) is 5.67 Å². The van der Waals surface area contributed by atoms with E-state index in [2.05, 4.69) is 4.74 Å². The summed E-state index contributed by atoms with van der Waals surface area (Å²) in [5.41, 5.74) is -4.74. The number of carboxylic acid groups (broad SMARTS) is 1. The molecule has 1 unspecified atom stereocenters. The number of ether oxygens (including phenoxy) is 1. The first-order valence-electron chi connectivity index (χ1n) is 8.73. The van der Waals surface area contributed by atoms with Gasteiger partial charge in [-0.3, -0.25) is 0 Å². The molecule has 0 heterocycles. The number of hydrogen-bond acceptors (Lipinski definition) is 3. The molecule has 0 aromatic heterocycles. The first-order valence-corrected chi connectivity index (χ1v) is 8.73. The Balaban J connectivity index is 5.46. The average Bonchev–Trinajstić information content (AvgIpc) is 2.54. The minimum absolute atomic E-state index is 0.0226. The van der Waals surface area contributed by atoms with Crippen molar-refractivity contribution in [3.05, 3.63) is 12.2 Å². The highest BCUT2D eigenvalue weighted by atomic mass is 19.4. The van der Waals surface area contributed by atoms with Crippen LogP contribution in [0.3, 0.4) is 0 Å². The standard InChI is InChI=1S/C17H22F8O4/c1-2-3-4-5-6-7-10-14(18,11-15(19,20)21)16(22,23)17(24,25)29-13(28)9-8-12(26)27/h8-9H,2-7,10-11H2,1H3,(H,26,27). The molecular formula is C17H22F8O4. The van der Waals surface area contributed by atoms with Crippen LogP contribution >= 0.6 is 0 Å². The molecule has 170 valence electrons. The number of rotatable bonds is 13. The van der Waals surface area contributed by atoms with E-state index in [0.717, 1.165) is 12.8 Å². The Bertz CT molecular complexity index is 574. The average molecular weight is 442 g/mol. The van der Waals surface area contributed by atoms with E-state index in [-0.39, 0.29) is 18.6 Å². The highest BCUT2D eigenvalue weighted by Crippen LogP contribution is 2.52. The number of alkyl halides is 8. The number of halogens is 8. The van der Waals surface area contributed by atoms with Crippen LogP contribution in [0.15, 0.2) is 12.2 Å². The lowest BCUT2D eigenvalue weighted by Gasteiger charge is -2.37. The highest BCUT2D eigenvalue weighted by molar-refractivity contribution is 5.90. The van der Waals surface area contributed by atoms with Crippen molar-refractivity contribution in [2.45, 2.75) is 82.2 Å². The van der Waals surface area contributed by atoms with Gasteiger partial charge < -0.3 is 9.84 Å². The maximum atomic E-state index is 14.6. The third-order valence-corrected chi connectivity index (χ3v) is 3.93. The van der Waals surface area contributed by atoms with E-state index in [9.17, 15) is 44.7 Å². The van der Waals surface area contributed by atoms with Crippen LogP contribution in [0.25, 0.3) is 0 Å². The normalized spacial score (nSPS) is 15.3. The summed E-state index contributed by atoms with van der Waals surface area (Å²) in [4.78, 5) is 21.2. The molecule has 0 saturated carbocycles. The van der Waals surface area contributed by atoms with Gasteiger partial charge in [-0.25, -0.2) is 14.0 Å². The molecule has 0 aliphatic rings. The van der Waals surface area contributed by atoms with Crippen molar-refractivity contribution >= 4 is 11.9 Å². The van der Waals surface area contributed by atoms with Crippen molar-refractivity contribution in [1.82, 2.24) is 0 Å². The lowest BCUT2D eigenvalue weighted by molar-refractivity contribution is -0.371. The van der Waals surface area contributed by atoms with E-state index in [0.29, 0.717) is 12.8 Å². The second-order valence-electron chi connectivity index (χ2n) is 6.46. The monoisotopic (exact) mass is 442 g/mol. The molecule has 0 amide bonds. The van der Waals surface area contributed by atoms with E-state index < -0.39 is 55.1 Å². The van der Waals surface area contributed by atoms with E-state index in [4.69, 9.17) is 5.11 Å². The largest absolute Gasteiger partial charge is 0.478 e. The van der Waals surface area contributed by atoms with Crippen LogP contribution in [-0.4, -0.2) is 40.9 Å². The van der Waals surface area contributed by atoms with Crippen molar-refractivity contribution in [3.63, 3.8) is 0 Å². The van der Waals surface area contributed by atoms with Gasteiger partial charge in [-0.1, -0.05) is 45.4 Å². The zero-order valence-electron chi connectivity index (χ0n) is 15.5. The minimum Gasteiger partial charge on any atom is -0.478 e. The molecule has 0 aromatic rings. The number of carbonyl (C=O) groups is 2. The summed E-state index contributed by atoms with van der Waals surface area (Å²) in [5, 5.41) is 8.24. The summed E-state index contributed by atoms with van der Waals surface area (Å²) < 4.78 is 111. The Labute approximate surface area is 161 Å². The molecule has 4 nitrogen and oxygen atoms in total. The Morgan fingerprint density at radius 3 is 1.86 bits per heavy atom. The Hall–Kier alpha value is -1.88. The number of carboxylic acids is 1. The predicted molar refractivity (Wildman–Crippen MR) is 85.3 cm³/mol. The van der Waals surface area contributed by atoms with Crippen molar-refractivity contribution < 1.29 is 54.6 Å². The molecule has 0 aliphatic heterocycles.